The van der Waals surface area contributed by atoms with Crippen LogP contribution in [0.3, 0.4) is 0 Å². The third-order valence-electron chi connectivity index (χ3n) is 12.5. The van der Waals surface area contributed by atoms with Gasteiger partial charge < -0.3 is 4.90 Å². The van der Waals surface area contributed by atoms with Gasteiger partial charge in [-0.1, -0.05) is 224 Å². The van der Waals surface area contributed by atoms with E-state index in [2.05, 4.69) is 278 Å². The van der Waals surface area contributed by atoms with E-state index in [-0.39, 0.29) is 0 Å². The van der Waals surface area contributed by atoms with E-state index in [9.17, 15) is 0 Å². The van der Waals surface area contributed by atoms with Crippen molar-refractivity contribution in [3.8, 4) is 44.5 Å². The maximum absolute atomic E-state index is 2.35. The lowest BCUT2D eigenvalue weighted by molar-refractivity contribution is 1.28. The van der Waals surface area contributed by atoms with Gasteiger partial charge in [0.15, 0.2) is 0 Å². The minimum atomic E-state index is 1.09. The van der Waals surface area contributed by atoms with Gasteiger partial charge in [0.1, 0.15) is 0 Å². The third-order valence-corrected chi connectivity index (χ3v) is 12.5. The zero-order valence-electron chi connectivity index (χ0n) is 35.9. The van der Waals surface area contributed by atoms with Crippen molar-refractivity contribution in [2.75, 3.05) is 4.90 Å². The van der Waals surface area contributed by atoms with E-state index < -0.39 is 0 Å². The van der Waals surface area contributed by atoms with Crippen LogP contribution in [0, 0.1) is 0 Å². The summed E-state index contributed by atoms with van der Waals surface area (Å²) in [7, 11) is 0. The molecule has 0 amide bonds. The van der Waals surface area contributed by atoms with Gasteiger partial charge in [-0.05, 0) is 137 Å². The molecule has 0 aliphatic rings. The molecule has 0 fully saturated rings. The lowest BCUT2D eigenvalue weighted by Crippen LogP contribution is -2.09. The van der Waals surface area contributed by atoms with Gasteiger partial charge in [-0.3, -0.25) is 0 Å². The molecule has 0 N–H and O–H groups in total. The van der Waals surface area contributed by atoms with Gasteiger partial charge in [0.05, 0.1) is 0 Å². The van der Waals surface area contributed by atoms with Crippen LogP contribution in [0.5, 0.6) is 0 Å². The molecule has 0 bridgehead atoms. The number of hydrogen-bond donors (Lipinski definition) is 0. The van der Waals surface area contributed by atoms with Crippen molar-refractivity contribution in [2.45, 2.75) is 0 Å². The normalized spacial score (nSPS) is 11.5. The molecule has 65 heavy (non-hydrogen) atoms. The predicted molar refractivity (Wildman–Crippen MR) is 278 cm³/mol. The Balaban J connectivity index is 0.920. The lowest BCUT2D eigenvalue weighted by Gasteiger charge is -2.26. The fourth-order valence-electron chi connectivity index (χ4n) is 9.12. The van der Waals surface area contributed by atoms with E-state index in [0.29, 0.717) is 0 Å². The van der Waals surface area contributed by atoms with Crippen molar-refractivity contribution in [1.29, 1.82) is 0 Å². The summed E-state index contributed by atoms with van der Waals surface area (Å²) in [4.78, 5) is 2.35. The molecule has 0 saturated carbocycles. The zero-order chi connectivity index (χ0) is 43.4. The second-order valence-corrected chi connectivity index (χ2v) is 16.5. The first-order chi connectivity index (χ1) is 32.2. The Kier molecular flexibility index (Phi) is 10.7. The summed E-state index contributed by atoms with van der Waals surface area (Å²) in [5.41, 5.74) is 17.6. The van der Waals surface area contributed by atoms with E-state index >= 15 is 0 Å². The molecule has 0 aliphatic heterocycles. The van der Waals surface area contributed by atoms with Crippen LogP contribution in [0.2, 0.25) is 0 Å². The Hall–Kier alpha value is -8.52. The largest absolute Gasteiger partial charge is 0.311 e. The van der Waals surface area contributed by atoms with Crippen molar-refractivity contribution >= 4 is 50.3 Å². The molecule has 1 heteroatoms. The van der Waals surface area contributed by atoms with Crippen molar-refractivity contribution in [3.05, 3.63) is 284 Å². The molecule has 11 aromatic rings. The van der Waals surface area contributed by atoms with Crippen LogP contribution in [0.1, 0.15) is 16.7 Å². The molecule has 1 nitrogen and oxygen atoms in total. The zero-order valence-corrected chi connectivity index (χ0v) is 35.9. The Morgan fingerprint density at radius 3 is 1.28 bits per heavy atom. The maximum Gasteiger partial charge on any atom is 0.0462 e. The molecule has 0 unspecified atom stereocenters. The number of anilines is 3. The summed E-state index contributed by atoms with van der Waals surface area (Å²) in [5.74, 6) is 0. The summed E-state index contributed by atoms with van der Waals surface area (Å²) < 4.78 is 0. The molecule has 0 aliphatic carbocycles. The molecule has 11 aromatic carbocycles. The van der Waals surface area contributed by atoms with Gasteiger partial charge in [0.2, 0.25) is 0 Å². The summed E-state index contributed by atoms with van der Waals surface area (Å²) in [6.07, 6.45) is 2.35. The predicted octanol–water partition coefficient (Wildman–Crippen LogP) is 17.7. The van der Waals surface area contributed by atoms with Crippen molar-refractivity contribution < 1.29 is 0 Å². The molecular formula is C64H45N. The first-order valence-corrected chi connectivity index (χ1v) is 22.3. The van der Waals surface area contributed by atoms with Gasteiger partial charge in [-0.15, -0.1) is 0 Å². The number of benzene rings is 11. The van der Waals surface area contributed by atoms with E-state index in [1.165, 1.54) is 88.3 Å². The molecule has 11 rings (SSSR count). The summed E-state index contributed by atoms with van der Waals surface area (Å²) in [6.45, 7) is 0. The number of rotatable bonds is 10. The van der Waals surface area contributed by atoms with E-state index in [1.54, 1.807) is 0 Å². The number of fused-ring (bicyclic) bond motifs is 2. The van der Waals surface area contributed by atoms with Crippen LogP contribution < -0.4 is 4.90 Å². The monoisotopic (exact) mass is 827 g/mol. The second-order valence-electron chi connectivity index (χ2n) is 16.5. The van der Waals surface area contributed by atoms with Crippen LogP contribution in [0.4, 0.5) is 17.1 Å². The van der Waals surface area contributed by atoms with Gasteiger partial charge in [0, 0.05) is 17.1 Å². The van der Waals surface area contributed by atoms with Crippen molar-refractivity contribution in [2.24, 2.45) is 0 Å². The molecule has 0 radical (unpaired) electrons. The van der Waals surface area contributed by atoms with Gasteiger partial charge >= 0.3 is 0 Å². The first kappa shape index (κ1) is 39.3. The smallest absolute Gasteiger partial charge is 0.0462 e. The fourth-order valence-corrected chi connectivity index (χ4v) is 9.12. The average Bonchev–Trinajstić information content (AvgIpc) is 3.39. The summed E-state index contributed by atoms with van der Waals surface area (Å²) >= 11 is 0. The standard InChI is InChI=1S/C64H45N/c1-4-14-46(15-5-1)49-30-37-58(38-31-49)65(60-41-34-51(35-42-60)56-29-26-47-16-10-11-21-55(47)44-56)59-39-32-50(33-40-59)48-24-27-54(28-25-48)64(53-19-8-3-9-20-53)45-57-36-43-62(52-17-6-2-7-18-52)63-23-13-12-22-61(57)63/h1-45H/b64-45-. The van der Waals surface area contributed by atoms with Crippen LogP contribution in [0.25, 0.3) is 77.7 Å². The quantitative estimate of drug-likeness (QED) is 0.124. The molecule has 0 spiro atoms. The average molecular weight is 828 g/mol. The maximum atomic E-state index is 2.35. The second kappa shape index (κ2) is 17.7. The van der Waals surface area contributed by atoms with Crippen LogP contribution >= 0.6 is 0 Å². The van der Waals surface area contributed by atoms with E-state index in [4.69, 9.17) is 0 Å². The molecule has 0 aromatic heterocycles. The fraction of sp³-hybridized carbons (Fsp3) is 0. The minimum absolute atomic E-state index is 1.09. The van der Waals surface area contributed by atoms with Crippen molar-refractivity contribution in [3.63, 3.8) is 0 Å². The van der Waals surface area contributed by atoms with Crippen LogP contribution in [-0.4, -0.2) is 0 Å². The highest BCUT2D eigenvalue weighted by atomic mass is 15.1. The van der Waals surface area contributed by atoms with Crippen LogP contribution in [-0.2, 0) is 0 Å². The van der Waals surface area contributed by atoms with Crippen LogP contribution in [0.15, 0.2) is 267 Å². The number of hydrogen-bond acceptors (Lipinski definition) is 1. The Labute approximate surface area is 381 Å². The van der Waals surface area contributed by atoms with E-state index in [0.717, 1.165) is 17.1 Å². The number of nitrogens with zero attached hydrogens (tertiary/aromatic N) is 1. The van der Waals surface area contributed by atoms with Crippen molar-refractivity contribution in [1.82, 2.24) is 0 Å². The Morgan fingerprint density at radius 2 is 0.692 bits per heavy atom. The Bertz CT molecular complexity index is 3410. The van der Waals surface area contributed by atoms with Gasteiger partial charge in [0.25, 0.3) is 0 Å². The first-order valence-electron chi connectivity index (χ1n) is 22.3. The van der Waals surface area contributed by atoms with Gasteiger partial charge in [-0.2, -0.15) is 0 Å². The molecule has 306 valence electrons. The molecule has 0 saturated heterocycles. The molecule has 0 atom stereocenters. The third kappa shape index (κ3) is 8.16. The lowest BCUT2D eigenvalue weighted by atomic mass is 9.91. The molecule has 0 heterocycles. The van der Waals surface area contributed by atoms with Gasteiger partial charge in [-0.25, -0.2) is 0 Å². The topological polar surface area (TPSA) is 3.24 Å². The highest BCUT2D eigenvalue weighted by molar-refractivity contribution is 6.04. The summed E-state index contributed by atoms with van der Waals surface area (Å²) in [6, 6.07) is 96.3. The van der Waals surface area contributed by atoms with E-state index in [1.807, 2.05) is 0 Å². The highest BCUT2D eigenvalue weighted by Gasteiger charge is 2.15. The SMILES string of the molecule is C(=C(\c1ccccc1)c1ccc(-c2ccc(N(c3ccc(-c4ccccc4)cc3)c3ccc(-c4ccc5ccccc5c4)cc3)cc2)cc1)/c1ccc(-c2ccccc2)c2ccccc12. The highest BCUT2D eigenvalue weighted by Crippen LogP contribution is 2.39. The summed E-state index contributed by atoms with van der Waals surface area (Å²) in [5, 5.41) is 4.98. The minimum Gasteiger partial charge on any atom is -0.311 e. The Morgan fingerprint density at radius 1 is 0.277 bits per heavy atom. The molecular weight excluding hydrogens is 783 g/mol.